The van der Waals surface area contributed by atoms with Crippen molar-refractivity contribution in [2.45, 2.75) is 26.2 Å². The van der Waals surface area contributed by atoms with E-state index in [0.717, 1.165) is 0 Å². The fourth-order valence-corrected chi connectivity index (χ4v) is 0.790. The van der Waals surface area contributed by atoms with E-state index < -0.39 is 6.08 Å². The van der Waals surface area contributed by atoms with Gasteiger partial charge in [-0.15, -0.1) is 4.98 Å². The van der Waals surface area contributed by atoms with Crippen LogP contribution in [0, 0.1) is 0 Å². The first-order chi connectivity index (χ1) is 4.91. The molecule has 0 aromatic carbocycles. The highest BCUT2D eigenvalue weighted by Crippen LogP contribution is 2.32. The van der Waals surface area contributed by atoms with Gasteiger partial charge in [0.25, 0.3) is 5.88 Å². The number of rotatable bonds is 0. The van der Waals surface area contributed by atoms with Gasteiger partial charge in [-0.2, -0.15) is 0 Å². The molecule has 4 heteroatoms. The summed E-state index contributed by atoms with van der Waals surface area (Å²) in [5, 5.41) is 17.9. The van der Waals surface area contributed by atoms with Crippen molar-refractivity contribution in [2.75, 3.05) is 0 Å². The third-order valence-corrected chi connectivity index (χ3v) is 1.28. The maximum absolute atomic E-state index is 9.10. The second kappa shape index (κ2) is 2.15. The van der Waals surface area contributed by atoms with Crippen molar-refractivity contribution in [3.05, 3.63) is 5.76 Å². The van der Waals surface area contributed by atoms with E-state index in [0.29, 0.717) is 5.76 Å². The van der Waals surface area contributed by atoms with Crippen LogP contribution in [0.5, 0.6) is 12.0 Å². The molecule has 0 atom stereocenters. The summed E-state index contributed by atoms with van der Waals surface area (Å²) in [7, 11) is 0. The Balaban J connectivity index is 3.13. The van der Waals surface area contributed by atoms with Gasteiger partial charge >= 0.3 is 6.08 Å². The minimum Gasteiger partial charge on any atom is -0.491 e. The molecule has 1 aromatic rings. The molecule has 0 fully saturated rings. The van der Waals surface area contributed by atoms with Gasteiger partial charge in [0, 0.05) is 5.41 Å². The summed E-state index contributed by atoms with van der Waals surface area (Å²) in [4.78, 5) is 3.32. The molecule has 0 aliphatic rings. The summed E-state index contributed by atoms with van der Waals surface area (Å²) in [5.41, 5.74) is -0.335. The molecule has 11 heavy (non-hydrogen) atoms. The van der Waals surface area contributed by atoms with Gasteiger partial charge in [0.05, 0.1) is 0 Å². The molecule has 0 saturated carbocycles. The van der Waals surface area contributed by atoms with Gasteiger partial charge in [-0.05, 0) is 0 Å². The smallest absolute Gasteiger partial charge is 0.394 e. The lowest BCUT2D eigenvalue weighted by Gasteiger charge is -2.13. The maximum atomic E-state index is 9.10. The summed E-state index contributed by atoms with van der Waals surface area (Å²) in [6.07, 6.45) is -0.493. The zero-order valence-electron chi connectivity index (χ0n) is 6.75. The van der Waals surface area contributed by atoms with Crippen molar-refractivity contribution in [2.24, 2.45) is 0 Å². The van der Waals surface area contributed by atoms with Crippen molar-refractivity contribution < 1.29 is 14.6 Å². The van der Waals surface area contributed by atoms with Crippen LogP contribution < -0.4 is 0 Å². The molecule has 0 spiro atoms. The molecule has 0 aliphatic heterocycles. The third kappa shape index (κ3) is 1.45. The molecule has 0 bridgehead atoms. The number of oxazole rings is 1. The Morgan fingerprint density at radius 3 is 2.00 bits per heavy atom. The number of hydrogen-bond acceptors (Lipinski definition) is 4. The van der Waals surface area contributed by atoms with Gasteiger partial charge in [0.15, 0.2) is 5.76 Å². The van der Waals surface area contributed by atoms with E-state index in [2.05, 4.69) is 4.98 Å². The van der Waals surface area contributed by atoms with Crippen molar-refractivity contribution >= 4 is 0 Å². The van der Waals surface area contributed by atoms with E-state index in [9.17, 15) is 0 Å². The summed E-state index contributed by atoms with van der Waals surface area (Å²) < 4.78 is 4.77. The van der Waals surface area contributed by atoms with Crippen LogP contribution in [-0.2, 0) is 5.41 Å². The van der Waals surface area contributed by atoms with E-state index in [1.807, 2.05) is 20.8 Å². The van der Waals surface area contributed by atoms with Crippen LogP contribution in [0.3, 0.4) is 0 Å². The molecule has 2 N–H and O–H groups in total. The third-order valence-electron chi connectivity index (χ3n) is 1.28. The number of nitrogens with zero attached hydrogens (tertiary/aromatic N) is 1. The summed E-state index contributed by atoms with van der Waals surface area (Å²) in [6.45, 7) is 5.56. The van der Waals surface area contributed by atoms with Crippen molar-refractivity contribution in [3.8, 4) is 12.0 Å². The van der Waals surface area contributed by atoms with Gasteiger partial charge in [0.2, 0.25) is 0 Å². The predicted molar refractivity (Wildman–Crippen MR) is 38.5 cm³/mol. The minimum absolute atomic E-state index is 0.241. The topological polar surface area (TPSA) is 66.5 Å². The first kappa shape index (κ1) is 7.91. The first-order valence-corrected chi connectivity index (χ1v) is 3.30. The van der Waals surface area contributed by atoms with Gasteiger partial charge in [-0.3, -0.25) is 0 Å². The molecule has 1 heterocycles. The van der Waals surface area contributed by atoms with E-state index in [1.54, 1.807) is 0 Å². The Labute approximate surface area is 64.5 Å². The summed E-state index contributed by atoms with van der Waals surface area (Å²) >= 11 is 0. The lowest BCUT2D eigenvalue weighted by molar-refractivity contribution is 0.281. The lowest BCUT2D eigenvalue weighted by atomic mass is 9.94. The van der Waals surface area contributed by atoms with Crippen LogP contribution in [-0.4, -0.2) is 15.2 Å². The van der Waals surface area contributed by atoms with Crippen LogP contribution >= 0.6 is 0 Å². The van der Waals surface area contributed by atoms with Gasteiger partial charge in [-0.1, -0.05) is 20.8 Å². The SMILES string of the molecule is CC(C)(C)c1oc(O)nc1O. The summed E-state index contributed by atoms with van der Waals surface area (Å²) in [5.74, 6) is 0.0602. The molecule has 0 saturated heterocycles. The Morgan fingerprint density at radius 1 is 1.27 bits per heavy atom. The number of hydrogen-bond donors (Lipinski definition) is 2. The fraction of sp³-hybridized carbons (Fsp3) is 0.571. The molecule has 1 aromatic heterocycles. The number of aromatic nitrogens is 1. The van der Waals surface area contributed by atoms with Gasteiger partial charge < -0.3 is 14.6 Å². The van der Waals surface area contributed by atoms with Crippen LogP contribution in [0.2, 0.25) is 0 Å². The molecule has 0 amide bonds. The molecule has 4 nitrogen and oxygen atoms in total. The van der Waals surface area contributed by atoms with Crippen LogP contribution in [0.15, 0.2) is 4.42 Å². The molecular weight excluding hydrogens is 146 g/mol. The standard InChI is InChI=1S/C7H11NO3/c1-7(2,3)4-5(9)8-6(10)11-4/h9H,1-3H3,(H,8,10). The average Bonchev–Trinajstić information content (AvgIpc) is 2.08. The largest absolute Gasteiger partial charge is 0.491 e. The normalized spacial score (nSPS) is 11.9. The molecule has 0 aliphatic carbocycles. The molecular formula is C7H11NO3. The highest BCUT2D eigenvalue weighted by Gasteiger charge is 2.24. The minimum atomic E-state index is -0.493. The summed E-state index contributed by atoms with van der Waals surface area (Å²) in [6, 6.07) is 0. The number of aromatic hydroxyl groups is 2. The molecule has 0 radical (unpaired) electrons. The van der Waals surface area contributed by atoms with Gasteiger partial charge in [0.1, 0.15) is 0 Å². The second-order valence-electron chi connectivity index (χ2n) is 3.40. The van der Waals surface area contributed by atoms with Crippen molar-refractivity contribution in [1.82, 2.24) is 4.98 Å². The Kier molecular flexibility index (Phi) is 1.55. The second-order valence-corrected chi connectivity index (χ2v) is 3.40. The van der Waals surface area contributed by atoms with Crippen LogP contribution in [0.4, 0.5) is 0 Å². The molecule has 62 valence electrons. The van der Waals surface area contributed by atoms with Crippen LogP contribution in [0.25, 0.3) is 0 Å². The highest BCUT2D eigenvalue weighted by molar-refractivity contribution is 5.23. The predicted octanol–water partition coefficient (Wildman–Crippen LogP) is 1.38. The fourth-order valence-electron chi connectivity index (χ4n) is 0.790. The van der Waals surface area contributed by atoms with Crippen molar-refractivity contribution in [1.29, 1.82) is 0 Å². The van der Waals surface area contributed by atoms with E-state index in [1.165, 1.54) is 0 Å². The first-order valence-electron chi connectivity index (χ1n) is 3.30. The quantitative estimate of drug-likeness (QED) is 0.597. The Morgan fingerprint density at radius 2 is 1.82 bits per heavy atom. The van der Waals surface area contributed by atoms with Crippen LogP contribution in [0.1, 0.15) is 26.5 Å². The molecule has 1 rings (SSSR count). The average molecular weight is 157 g/mol. The van der Waals surface area contributed by atoms with E-state index >= 15 is 0 Å². The van der Waals surface area contributed by atoms with Gasteiger partial charge in [-0.25, -0.2) is 0 Å². The van der Waals surface area contributed by atoms with E-state index in [-0.39, 0.29) is 11.3 Å². The zero-order chi connectivity index (χ0) is 8.65. The maximum Gasteiger partial charge on any atom is 0.394 e. The zero-order valence-corrected chi connectivity index (χ0v) is 6.75. The van der Waals surface area contributed by atoms with Crippen molar-refractivity contribution in [3.63, 3.8) is 0 Å². The monoisotopic (exact) mass is 157 g/mol. The lowest BCUT2D eigenvalue weighted by Crippen LogP contribution is -2.09. The highest BCUT2D eigenvalue weighted by atomic mass is 16.5. The van der Waals surface area contributed by atoms with E-state index in [4.69, 9.17) is 14.6 Å². The molecule has 0 unspecified atom stereocenters. The Bertz CT molecular complexity index is 259. The Hall–Kier alpha value is -1.19.